The van der Waals surface area contributed by atoms with Crippen LogP contribution in [0.2, 0.25) is 0 Å². The maximum absolute atomic E-state index is 11.9. The topological polar surface area (TPSA) is 55.1 Å². The van der Waals surface area contributed by atoms with Gasteiger partial charge in [-0.05, 0) is 16.7 Å². The minimum absolute atomic E-state index is 0.102. The minimum atomic E-state index is -0.568. The molecule has 2 atom stereocenters. The molecule has 18 heavy (non-hydrogen) atoms. The van der Waals surface area contributed by atoms with Crippen LogP contribution < -0.4 is 11.1 Å². The molecule has 3 heteroatoms. The Hall–Kier alpha value is -2.13. The van der Waals surface area contributed by atoms with Crippen molar-refractivity contribution in [3.8, 4) is 0 Å². The van der Waals surface area contributed by atoms with Gasteiger partial charge in [0.25, 0.3) is 0 Å². The first-order chi connectivity index (χ1) is 8.77. The number of hydrogen-bond donors (Lipinski definition) is 2. The molecule has 0 fully saturated rings. The highest BCUT2D eigenvalue weighted by Crippen LogP contribution is 2.32. The molecule has 2 aromatic rings. The molecule has 0 radical (unpaired) electrons. The Bertz CT molecular complexity index is 580. The SMILES string of the molecule is N[C@@H]1C(=O)N[C@H](c2ccccc2)c2ccccc21. The molecule has 3 rings (SSSR count). The zero-order chi connectivity index (χ0) is 12.5. The highest BCUT2D eigenvalue weighted by molar-refractivity contribution is 5.86. The number of carbonyl (C=O) groups is 1. The highest BCUT2D eigenvalue weighted by atomic mass is 16.2. The lowest BCUT2D eigenvalue weighted by molar-refractivity contribution is -0.123. The summed E-state index contributed by atoms with van der Waals surface area (Å²) < 4.78 is 0. The van der Waals surface area contributed by atoms with Crippen LogP contribution in [-0.2, 0) is 4.79 Å². The van der Waals surface area contributed by atoms with E-state index in [4.69, 9.17) is 5.73 Å². The Morgan fingerprint density at radius 2 is 1.50 bits per heavy atom. The second kappa shape index (κ2) is 4.27. The zero-order valence-corrected chi connectivity index (χ0v) is 9.84. The summed E-state index contributed by atoms with van der Waals surface area (Å²) in [7, 11) is 0. The maximum atomic E-state index is 11.9. The lowest BCUT2D eigenvalue weighted by atomic mass is 9.87. The van der Waals surface area contributed by atoms with Crippen LogP contribution in [0.3, 0.4) is 0 Å². The number of nitrogens with two attached hydrogens (primary N) is 1. The van der Waals surface area contributed by atoms with Gasteiger partial charge in [0, 0.05) is 0 Å². The Balaban J connectivity index is 2.13. The van der Waals surface area contributed by atoms with Gasteiger partial charge in [-0.2, -0.15) is 0 Å². The Morgan fingerprint density at radius 3 is 2.22 bits per heavy atom. The van der Waals surface area contributed by atoms with Crippen LogP contribution in [0.4, 0.5) is 0 Å². The van der Waals surface area contributed by atoms with Crippen molar-refractivity contribution < 1.29 is 4.79 Å². The molecule has 0 aliphatic carbocycles. The van der Waals surface area contributed by atoms with Gasteiger partial charge in [0.2, 0.25) is 5.91 Å². The molecule has 1 aliphatic rings. The molecule has 1 heterocycles. The van der Waals surface area contributed by atoms with Crippen molar-refractivity contribution in [1.29, 1.82) is 0 Å². The van der Waals surface area contributed by atoms with E-state index in [1.807, 2.05) is 54.6 Å². The van der Waals surface area contributed by atoms with Gasteiger partial charge in [-0.15, -0.1) is 0 Å². The predicted molar refractivity (Wildman–Crippen MR) is 69.8 cm³/mol. The number of fused-ring (bicyclic) bond motifs is 1. The highest BCUT2D eigenvalue weighted by Gasteiger charge is 2.30. The second-order valence-corrected chi connectivity index (χ2v) is 4.46. The number of hydrogen-bond acceptors (Lipinski definition) is 2. The molecule has 0 unspecified atom stereocenters. The van der Waals surface area contributed by atoms with E-state index in [0.717, 1.165) is 16.7 Å². The summed E-state index contributed by atoms with van der Waals surface area (Å²) in [5.74, 6) is -0.123. The summed E-state index contributed by atoms with van der Waals surface area (Å²) in [6, 6.07) is 17.1. The minimum Gasteiger partial charge on any atom is -0.344 e. The average Bonchev–Trinajstić information content (AvgIpc) is 2.44. The molecule has 1 aliphatic heterocycles. The quantitative estimate of drug-likeness (QED) is 0.797. The number of rotatable bonds is 1. The lowest BCUT2D eigenvalue weighted by Gasteiger charge is -2.30. The van der Waals surface area contributed by atoms with Crippen molar-refractivity contribution in [2.75, 3.05) is 0 Å². The van der Waals surface area contributed by atoms with Gasteiger partial charge < -0.3 is 11.1 Å². The van der Waals surface area contributed by atoms with Gasteiger partial charge in [-0.25, -0.2) is 0 Å². The zero-order valence-electron chi connectivity index (χ0n) is 9.84. The first-order valence-electron chi connectivity index (χ1n) is 5.97. The van der Waals surface area contributed by atoms with Crippen LogP contribution in [0.1, 0.15) is 28.8 Å². The fraction of sp³-hybridized carbons (Fsp3) is 0.133. The normalized spacial score (nSPS) is 22.2. The van der Waals surface area contributed by atoms with E-state index in [2.05, 4.69) is 5.32 Å². The first-order valence-corrected chi connectivity index (χ1v) is 5.97. The number of nitrogens with one attached hydrogen (secondary N) is 1. The molecular formula is C15H14N2O. The Kier molecular flexibility index (Phi) is 2.61. The van der Waals surface area contributed by atoms with Crippen LogP contribution in [0.5, 0.6) is 0 Å². The summed E-state index contributed by atoms with van der Waals surface area (Å²) in [5.41, 5.74) is 8.98. The van der Waals surface area contributed by atoms with Crippen LogP contribution >= 0.6 is 0 Å². The summed E-state index contributed by atoms with van der Waals surface area (Å²) in [5, 5.41) is 2.97. The summed E-state index contributed by atoms with van der Waals surface area (Å²) >= 11 is 0. The van der Waals surface area contributed by atoms with Crippen molar-refractivity contribution in [3.63, 3.8) is 0 Å². The van der Waals surface area contributed by atoms with Gasteiger partial charge in [0.15, 0.2) is 0 Å². The van der Waals surface area contributed by atoms with Crippen LogP contribution in [0.15, 0.2) is 54.6 Å². The second-order valence-electron chi connectivity index (χ2n) is 4.46. The third kappa shape index (κ3) is 1.69. The van der Waals surface area contributed by atoms with Crippen molar-refractivity contribution >= 4 is 5.91 Å². The molecule has 0 bridgehead atoms. The van der Waals surface area contributed by atoms with Crippen LogP contribution in [-0.4, -0.2) is 5.91 Å². The molecule has 0 spiro atoms. The predicted octanol–water partition coefficient (Wildman–Crippen LogP) is 1.91. The van der Waals surface area contributed by atoms with E-state index >= 15 is 0 Å². The van der Waals surface area contributed by atoms with Crippen molar-refractivity contribution in [3.05, 3.63) is 71.3 Å². The maximum Gasteiger partial charge on any atom is 0.242 e. The van der Waals surface area contributed by atoms with E-state index in [1.165, 1.54) is 0 Å². The first kappa shape index (κ1) is 11.0. The molecule has 0 saturated carbocycles. The molecular weight excluding hydrogens is 224 g/mol. The van der Waals surface area contributed by atoms with Gasteiger partial charge in [-0.1, -0.05) is 54.6 Å². The molecule has 90 valence electrons. The fourth-order valence-corrected chi connectivity index (χ4v) is 2.42. The van der Waals surface area contributed by atoms with E-state index in [1.54, 1.807) is 0 Å². The van der Waals surface area contributed by atoms with E-state index < -0.39 is 6.04 Å². The summed E-state index contributed by atoms with van der Waals surface area (Å²) in [4.78, 5) is 11.9. The van der Waals surface area contributed by atoms with Gasteiger partial charge in [0.05, 0.1) is 6.04 Å². The third-order valence-corrected chi connectivity index (χ3v) is 3.34. The van der Waals surface area contributed by atoms with Gasteiger partial charge >= 0.3 is 0 Å². The molecule has 1 amide bonds. The van der Waals surface area contributed by atoms with E-state index in [0.29, 0.717) is 0 Å². The fourth-order valence-electron chi connectivity index (χ4n) is 2.42. The van der Waals surface area contributed by atoms with Gasteiger partial charge in [-0.3, -0.25) is 4.79 Å². The van der Waals surface area contributed by atoms with Crippen molar-refractivity contribution in [1.82, 2.24) is 5.32 Å². The number of benzene rings is 2. The smallest absolute Gasteiger partial charge is 0.242 e. The van der Waals surface area contributed by atoms with Gasteiger partial charge in [0.1, 0.15) is 6.04 Å². The molecule has 2 aromatic carbocycles. The summed E-state index contributed by atoms with van der Waals surface area (Å²) in [6.07, 6.45) is 0. The third-order valence-electron chi connectivity index (χ3n) is 3.34. The molecule has 3 nitrogen and oxygen atoms in total. The van der Waals surface area contributed by atoms with E-state index in [-0.39, 0.29) is 11.9 Å². The molecule has 0 aromatic heterocycles. The Labute approximate surface area is 106 Å². The largest absolute Gasteiger partial charge is 0.344 e. The summed E-state index contributed by atoms with van der Waals surface area (Å²) in [6.45, 7) is 0. The Morgan fingerprint density at radius 1 is 0.889 bits per heavy atom. The average molecular weight is 238 g/mol. The van der Waals surface area contributed by atoms with Crippen molar-refractivity contribution in [2.45, 2.75) is 12.1 Å². The van der Waals surface area contributed by atoms with E-state index in [9.17, 15) is 4.79 Å². The standard InChI is InChI=1S/C15H14N2O/c16-13-11-8-4-5-9-12(11)14(17-15(13)18)10-6-2-1-3-7-10/h1-9,13-14H,16H2,(H,17,18)/t13-,14+/m0/s1. The van der Waals surface area contributed by atoms with Crippen LogP contribution in [0.25, 0.3) is 0 Å². The number of carbonyl (C=O) groups excluding carboxylic acids is 1. The monoisotopic (exact) mass is 238 g/mol. The molecule has 0 saturated heterocycles. The molecule has 3 N–H and O–H groups in total. The van der Waals surface area contributed by atoms with Crippen molar-refractivity contribution in [2.24, 2.45) is 5.73 Å². The van der Waals surface area contributed by atoms with Crippen LogP contribution in [0, 0.1) is 0 Å². The lowest BCUT2D eigenvalue weighted by Crippen LogP contribution is -2.42. The number of amides is 1.